The normalized spacial score (nSPS) is 20.9. The van der Waals surface area contributed by atoms with Crippen molar-refractivity contribution in [2.24, 2.45) is 0 Å². The van der Waals surface area contributed by atoms with E-state index in [1.54, 1.807) is 0 Å². The van der Waals surface area contributed by atoms with Gasteiger partial charge in [-0.25, -0.2) is 9.97 Å². The van der Waals surface area contributed by atoms with Crippen molar-refractivity contribution in [1.29, 1.82) is 0 Å². The SMILES string of the molecule is O=C1CCC(Nc2ncncc2Cl)CN1. The molecule has 2 N–H and O–H groups in total. The van der Waals surface area contributed by atoms with Gasteiger partial charge in [-0.15, -0.1) is 0 Å². The Morgan fingerprint density at radius 3 is 3.13 bits per heavy atom. The van der Waals surface area contributed by atoms with Crippen LogP contribution in [0.25, 0.3) is 0 Å². The molecule has 1 fully saturated rings. The van der Waals surface area contributed by atoms with E-state index in [4.69, 9.17) is 11.6 Å². The van der Waals surface area contributed by atoms with Gasteiger partial charge >= 0.3 is 0 Å². The highest BCUT2D eigenvalue weighted by Crippen LogP contribution is 2.18. The number of rotatable bonds is 2. The maximum Gasteiger partial charge on any atom is 0.220 e. The molecule has 0 radical (unpaired) electrons. The van der Waals surface area contributed by atoms with Gasteiger partial charge in [0.15, 0.2) is 0 Å². The maximum atomic E-state index is 10.9. The Balaban J connectivity index is 1.97. The third-order valence-electron chi connectivity index (χ3n) is 2.27. The maximum absolute atomic E-state index is 10.9. The van der Waals surface area contributed by atoms with E-state index in [0.717, 1.165) is 6.42 Å². The van der Waals surface area contributed by atoms with Crippen molar-refractivity contribution in [3.05, 3.63) is 17.5 Å². The number of piperidine rings is 1. The van der Waals surface area contributed by atoms with Gasteiger partial charge < -0.3 is 10.6 Å². The molecule has 1 amide bonds. The van der Waals surface area contributed by atoms with Gasteiger partial charge in [-0.1, -0.05) is 11.6 Å². The third-order valence-corrected chi connectivity index (χ3v) is 2.55. The summed E-state index contributed by atoms with van der Waals surface area (Å²) in [6.45, 7) is 0.610. The van der Waals surface area contributed by atoms with Crippen molar-refractivity contribution >= 4 is 23.3 Å². The minimum Gasteiger partial charge on any atom is -0.364 e. The van der Waals surface area contributed by atoms with E-state index in [1.807, 2.05) is 0 Å². The molecule has 1 saturated heterocycles. The fourth-order valence-corrected chi connectivity index (χ4v) is 1.63. The van der Waals surface area contributed by atoms with Gasteiger partial charge in [0.1, 0.15) is 17.2 Å². The number of amides is 1. The van der Waals surface area contributed by atoms with Gasteiger partial charge in [-0.2, -0.15) is 0 Å². The molecule has 1 aliphatic rings. The van der Waals surface area contributed by atoms with Gasteiger partial charge in [0, 0.05) is 19.0 Å². The number of carbonyl (C=O) groups is 1. The molecular formula is C9H11ClN4O. The molecule has 1 atom stereocenters. The van der Waals surface area contributed by atoms with Crippen molar-refractivity contribution in [2.75, 3.05) is 11.9 Å². The van der Waals surface area contributed by atoms with E-state index >= 15 is 0 Å². The number of carbonyl (C=O) groups excluding carboxylic acids is 1. The van der Waals surface area contributed by atoms with Crippen LogP contribution in [-0.4, -0.2) is 28.5 Å². The molecule has 15 heavy (non-hydrogen) atoms. The Kier molecular flexibility index (Phi) is 3.01. The van der Waals surface area contributed by atoms with E-state index in [1.165, 1.54) is 12.5 Å². The molecule has 5 nitrogen and oxygen atoms in total. The van der Waals surface area contributed by atoms with Gasteiger partial charge in [0.2, 0.25) is 5.91 Å². The van der Waals surface area contributed by atoms with Gasteiger partial charge in [-0.05, 0) is 6.42 Å². The molecule has 1 aliphatic heterocycles. The van der Waals surface area contributed by atoms with Crippen molar-refractivity contribution in [1.82, 2.24) is 15.3 Å². The predicted octanol–water partition coefficient (Wildman–Crippen LogP) is 0.820. The van der Waals surface area contributed by atoms with E-state index in [0.29, 0.717) is 23.8 Å². The molecule has 80 valence electrons. The molecule has 0 saturated carbocycles. The Labute approximate surface area is 92.3 Å². The molecule has 2 rings (SSSR count). The van der Waals surface area contributed by atoms with E-state index in [2.05, 4.69) is 20.6 Å². The third kappa shape index (κ3) is 2.56. The first kappa shape index (κ1) is 10.2. The van der Waals surface area contributed by atoms with Crippen LogP contribution in [0.15, 0.2) is 12.5 Å². The second-order valence-electron chi connectivity index (χ2n) is 3.40. The largest absolute Gasteiger partial charge is 0.364 e. The number of nitrogens with one attached hydrogen (secondary N) is 2. The van der Waals surface area contributed by atoms with E-state index in [-0.39, 0.29) is 11.9 Å². The summed E-state index contributed by atoms with van der Waals surface area (Å²) in [7, 11) is 0. The lowest BCUT2D eigenvalue weighted by atomic mass is 10.1. The van der Waals surface area contributed by atoms with Crippen LogP contribution in [0.4, 0.5) is 5.82 Å². The lowest BCUT2D eigenvalue weighted by molar-refractivity contribution is -0.122. The number of anilines is 1. The zero-order chi connectivity index (χ0) is 10.7. The lowest BCUT2D eigenvalue weighted by Gasteiger charge is -2.24. The van der Waals surface area contributed by atoms with Crippen molar-refractivity contribution in [3.63, 3.8) is 0 Å². The summed E-state index contributed by atoms with van der Waals surface area (Å²) in [6, 6.07) is 0.190. The van der Waals surface area contributed by atoms with Crippen molar-refractivity contribution < 1.29 is 4.79 Å². The molecule has 1 unspecified atom stereocenters. The van der Waals surface area contributed by atoms with Crippen molar-refractivity contribution in [2.45, 2.75) is 18.9 Å². The Hall–Kier alpha value is -1.36. The molecule has 2 heterocycles. The second kappa shape index (κ2) is 4.44. The Morgan fingerprint density at radius 1 is 1.60 bits per heavy atom. The van der Waals surface area contributed by atoms with Crippen LogP contribution in [0, 0.1) is 0 Å². The van der Waals surface area contributed by atoms with Crippen LogP contribution < -0.4 is 10.6 Å². The number of halogens is 1. The molecule has 0 spiro atoms. The fraction of sp³-hybridized carbons (Fsp3) is 0.444. The first-order valence-electron chi connectivity index (χ1n) is 4.74. The first-order valence-corrected chi connectivity index (χ1v) is 5.12. The van der Waals surface area contributed by atoms with E-state index < -0.39 is 0 Å². The Morgan fingerprint density at radius 2 is 2.47 bits per heavy atom. The van der Waals surface area contributed by atoms with Crippen LogP contribution in [-0.2, 0) is 4.79 Å². The summed E-state index contributed by atoms with van der Waals surface area (Å²) in [5, 5.41) is 6.45. The van der Waals surface area contributed by atoms with Crippen LogP contribution in [0.1, 0.15) is 12.8 Å². The number of hydrogen-bond donors (Lipinski definition) is 2. The average molecular weight is 227 g/mol. The topological polar surface area (TPSA) is 66.9 Å². The summed E-state index contributed by atoms with van der Waals surface area (Å²) in [6.07, 6.45) is 4.32. The first-order chi connectivity index (χ1) is 7.25. The quantitative estimate of drug-likeness (QED) is 0.784. The smallest absolute Gasteiger partial charge is 0.220 e. The zero-order valence-electron chi connectivity index (χ0n) is 8.03. The van der Waals surface area contributed by atoms with Gasteiger partial charge in [-0.3, -0.25) is 4.79 Å². The molecule has 1 aromatic rings. The molecule has 0 aliphatic carbocycles. The second-order valence-corrected chi connectivity index (χ2v) is 3.81. The predicted molar refractivity (Wildman–Crippen MR) is 56.7 cm³/mol. The summed E-state index contributed by atoms with van der Waals surface area (Å²) in [4.78, 5) is 18.8. The summed E-state index contributed by atoms with van der Waals surface area (Å²) >= 11 is 5.90. The summed E-state index contributed by atoms with van der Waals surface area (Å²) < 4.78 is 0. The summed E-state index contributed by atoms with van der Waals surface area (Å²) in [5.74, 6) is 0.717. The van der Waals surface area contributed by atoms with Gasteiger partial charge in [0.25, 0.3) is 0 Å². The average Bonchev–Trinajstić information content (AvgIpc) is 2.25. The van der Waals surface area contributed by atoms with E-state index in [9.17, 15) is 4.79 Å². The van der Waals surface area contributed by atoms with Gasteiger partial charge in [0.05, 0.1) is 6.20 Å². The lowest BCUT2D eigenvalue weighted by Crippen LogP contribution is -2.42. The minimum absolute atomic E-state index is 0.0989. The standard InChI is InChI=1S/C9H11ClN4O/c10-7-4-11-5-13-9(7)14-6-1-2-8(15)12-3-6/h4-6H,1-3H2,(H,12,15)(H,11,13,14). The highest BCUT2D eigenvalue weighted by molar-refractivity contribution is 6.32. The Bertz CT molecular complexity index is 361. The zero-order valence-corrected chi connectivity index (χ0v) is 8.79. The highest BCUT2D eigenvalue weighted by Gasteiger charge is 2.18. The fourth-order valence-electron chi connectivity index (χ4n) is 1.47. The molecule has 6 heteroatoms. The molecule has 0 bridgehead atoms. The molecule has 0 aromatic carbocycles. The van der Waals surface area contributed by atoms with Crippen molar-refractivity contribution in [3.8, 4) is 0 Å². The van der Waals surface area contributed by atoms with Crippen LogP contribution in [0.5, 0.6) is 0 Å². The van der Waals surface area contributed by atoms with Crippen LogP contribution in [0.2, 0.25) is 5.02 Å². The molecule has 1 aromatic heterocycles. The molecular weight excluding hydrogens is 216 g/mol. The minimum atomic E-state index is 0.0989. The highest BCUT2D eigenvalue weighted by atomic mass is 35.5. The van der Waals surface area contributed by atoms with Crippen LogP contribution in [0.3, 0.4) is 0 Å². The number of hydrogen-bond acceptors (Lipinski definition) is 4. The number of nitrogens with zero attached hydrogens (tertiary/aromatic N) is 2. The van der Waals surface area contributed by atoms with Crippen LogP contribution >= 0.6 is 11.6 Å². The number of aromatic nitrogens is 2. The monoisotopic (exact) mass is 226 g/mol. The summed E-state index contributed by atoms with van der Waals surface area (Å²) in [5.41, 5.74) is 0.